The number of carboxylic acid groups (broad SMARTS) is 1. The number of hydrogen-bond donors (Lipinski definition) is 1. The van der Waals surface area contributed by atoms with E-state index in [-0.39, 0.29) is 18.7 Å². The van der Waals surface area contributed by atoms with Crippen LogP contribution in [0.2, 0.25) is 0 Å². The van der Waals surface area contributed by atoms with Crippen molar-refractivity contribution in [1.29, 1.82) is 0 Å². The minimum Gasteiger partial charge on any atom is -0.493 e. The van der Waals surface area contributed by atoms with Crippen LogP contribution in [0.1, 0.15) is 28.1 Å². The average Bonchev–Trinajstić information content (AvgIpc) is 3.29. The summed E-state index contributed by atoms with van der Waals surface area (Å²) in [6.07, 6.45) is 0.636. The SMILES string of the molecule is Cc1oc(-c2ccccc2)nc1CCOc1ccc2c(c1)CN(S(=O)(=O)Cc1ccccc1)C(C(=O)O)C2. The predicted octanol–water partition coefficient (Wildman–Crippen LogP) is 4.61. The molecule has 3 aromatic carbocycles. The minimum atomic E-state index is -3.87. The molecule has 5 rings (SSSR count). The maximum atomic E-state index is 13.2. The van der Waals surface area contributed by atoms with Crippen LogP contribution in [0.25, 0.3) is 11.5 Å². The van der Waals surface area contributed by atoms with Crippen LogP contribution < -0.4 is 4.74 Å². The summed E-state index contributed by atoms with van der Waals surface area (Å²) in [5, 5.41) is 9.80. The number of nitrogens with zero attached hydrogens (tertiary/aromatic N) is 2. The molecule has 1 aliphatic rings. The van der Waals surface area contributed by atoms with Crippen LogP contribution in [0.3, 0.4) is 0 Å². The van der Waals surface area contributed by atoms with Crippen molar-refractivity contribution in [2.75, 3.05) is 6.61 Å². The lowest BCUT2D eigenvalue weighted by molar-refractivity contribution is -0.141. The number of oxazole rings is 1. The first-order chi connectivity index (χ1) is 18.3. The summed E-state index contributed by atoms with van der Waals surface area (Å²) in [7, 11) is -3.87. The van der Waals surface area contributed by atoms with Gasteiger partial charge in [-0.1, -0.05) is 54.6 Å². The molecule has 0 bridgehead atoms. The largest absolute Gasteiger partial charge is 0.493 e. The van der Waals surface area contributed by atoms with Gasteiger partial charge in [0.15, 0.2) is 0 Å². The summed E-state index contributed by atoms with van der Waals surface area (Å²) in [6.45, 7) is 2.20. The second-order valence-electron chi connectivity index (χ2n) is 9.26. The van der Waals surface area contributed by atoms with Crippen molar-refractivity contribution in [1.82, 2.24) is 9.29 Å². The first-order valence-electron chi connectivity index (χ1n) is 12.3. The second-order valence-corrected chi connectivity index (χ2v) is 11.2. The number of aromatic nitrogens is 1. The number of sulfonamides is 1. The van der Waals surface area contributed by atoms with Crippen LogP contribution in [-0.4, -0.2) is 41.4 Å². The molecule has 9 heteroatoms. The third-order valence-corrected chi connectivity index (χ3v) is 8.42. The van der Waals surface area contributed by atoms with Gasteiger partial charge in [0.2, 0.25) is 15.9 Å². The highest BCUT2D eigenvalue weighted by Crippen LogP contribution is 2.30. The third kappa shape index (κ3) is 5.64. The number of rotatable bonds is 9. The fraction of sp³-hybridized carbons (Fsp3) is 0.241. The Kier molecular flexibility index (Phi) is 7.31. The van der Waals surface area contributed by atoms with E-state index in [1.54, 1.807) is 42.5 Å². The first kappa shape index (κ1) is 25.7. The van der Waals surface area contributed by atoms with E-state index in [1.807, 2.05) is 43.3 Å². The summed E-state index contributed by atoms with van der Waals surface area (Å²) >= 11 is 0. The van der Waals surface area contributed by atoms with Crippen molar-refractivity contribution < 1.29 is 27.5 Å². The highest BCUT2D eigenvalue weighted by atomic mass is 32.2. The molecule has 1 N–H and O–H groups in total. The number of benzene rings is 3. The molecule has 2 heterocycles. The van der Waals surface area contributed by atoms with Crippen LogP contribution >= 0.6 is 0 Å². The number of carbonyl (C=O) groups is 1. The molecule has 1 unspecified atom stereocenters. The zero-order chi connectivity index (χ0) is 26.7. The molecule has 0 radical (unpaired) electrons. The number of fused-ring (bicyclic) bond motifs is 1. The van der Waals surface area contributed by atoms with Crippen molar-refractivity contribution in [3.8, 4) is 17.2 Å². The quantitative estimate of drug-likeness (QED) is 0.335. The molecule has 4 aromatic rings. The molecule has 1 atom stereocenters. The number of ether oxygens (including phenoxy) is 1. The van der Waals surface area contributed by atoms with Gasteiger partial charge in [-0.05, 0) is 47.9 Å². The Morgan fingerprint density at radius 2 is 1.76 bits per heavy atom. The van der Waals surface area contributed by atoms with E-state index in [4.69, 9.17) is 9.15 Å². The fourth-order valence-corrected chi connectivity index (χ4v) is 6.29. The molecule has 38 heavy (non-hydrogen) atoms. The van der Waals surface area contributed by atoms with Gasteiger partial charge in [0, 0.05) is 24.9 Å². The minimum absolute atomic E-state index is 0.0263. The number of aliphatic carboxylic acids is 1. The average molecular weight is 533 g/mol. The standard InChI is InChI=1S/C29H28N2O6S/c1-20-26(30-28(37-20)22-10-6-3-7-11-22)14-15-36-25-13-12-23-17-27(29(32)33)31(18-24(23)16-25)38(34,35)19-21-8-4-2-5-9-21/h2-13,16,27H,14-15,17-19H2,1H3,(H,32,33). The van der Waals surface area contributed by atoms with E-state index >= 15 is 0 Å². The molecular weight excluding hydrogens is 504 g/mol. The van der Waals surface area contributed by atoms with Crippen LogP contribution in [0, 0.1) is 6.92 Å². The molecule has 1 aliphatic heterocycles. The third-order valence-electron chi connectivity index (χ3n) is 6.62. The van der Waals surface area contributed by atoms with E-state index in [9.17, 15) is 18.3 Å². The van der Waals surface area contributed by atoms with Gasteiger partial charge in [-0.15, -0.1) is 0 Å². The summed E-state index contributed by atoms with van der Waals surface area (Å²) in [4.78, 5) is 16.6. The van der Waals surface area contributed by atoms with Gasteiger partial charge >= 0.3 is 5.97 Å². The van der Waals surface area contributed by atoms with E-state index in [0.717, 1.165) is 32.4 Å². The Balaban J connectivity index is 1.28. The summed E-state index contributed by atoms with van der Waals surface area (Å²) in [5.74, 6) is 0.465. The lowest BCUT2D eigenvalue weighted by atomic mass is 9.95. The molecule has 1 aromatic heterocycles. The van der Waals surface area contributed by atoms with Gasteiger partial charge in [-0.3, -0.25) is 4.79 Å². The van der Waals surface area contributed by atoms with Gasteiger partial charge in [0.05, 0.1) is 18.1 Å². The Morgan fingerprint density at radius 3 is 2.47 bits per heavy atom. The lowest BCUT2D eigenvalue weighted by Crippen LogP contribution is -2.48. The molecule has 0 aliphatic carbocycles. The number of aryl methyl sites for hydroxylation is 1. The predicted molar refractivity (Wildman–Crippen MR) is 142 cm³/mol. The van der Waals surface area contributed by atoms with E-state index in [2.05, 4.69) is 4.98 Å². The molecule has 0 amide bonds. The van der Waals surface area contributed by atoms with Crippen molar-refractivity contribution in [2.45, 2.75) is 38.1 Å². The molecule has 0 spiro atoms. The molecule has 0 saturated carbocycles. The summed E-state index contributed by atoms with van der Waals surface area (Å²) in [5.41, 5.74) is 3.86. The molecule has 0 saturated heterocycles. The zero-order valence-electron chi connectivity index (χ0n) is 20.9. The highest BCUT2D eigenvalue weighted by Gasteiger charge is 2.39. The smallest absolute Gasteiger partial charge is 0.322 e. The maximum Gasteiger partial charge on any atom is 0.322 e. The van der Waals surface area contributed by atoms with E-state index in [1.165, 1.54) is 0 Å². The summed E-state index contributed by atoms with van der Waals surface area (Å²) < 4.78 is 39.4. The van der Waals surface area contributed by atoms with Gasteiger partial charge in [0.1, 0.15) is 17.6 Å². The topological polar surface area (TPSA) is 110 Å². The van der Waals surface area contributed by atoms with E-state index < -0.39 is 22.0 Å². The van der Waals surface area contributed by atoms with Gasteiger partial charge < -0.3 is 14.3 Å². The van der Waals surface area contributed by atoms with Gasteiger partial charge in [-0.2, -0.15) is 4.31 Å². The van der Waals surface area contributed by atoms with Crippen molar-refractivity contribution in [3.63, 3.8) is 0 Å². The Bertz CT molecular complexity index is 1530. The molecule has 196 valence electrons. The normalized spacial score (nSPS) is 15.7. The zero-order valence-corrected chi connectivity index (χ0v) is 21.7. The number of hydrogen-bond acceptors (Lipinski definition) is 6. The van der Waals surface area contributed by atoms with Crippen molar-refractivity contribution in [3.05, 3.63) is 107 Å². The van der Waals surface area contributed by atoms with Crippen molar-refractivity contribution in [2.24, 2.45) is 0 Å². The molecule has 0 fully saturated rings. The van der Waals surface area contributed by atoms with Crippen LogP contribution in [-0.2, 0) is 40.0 Å². The first-order valence-corrected chi connectivity index (χ1v) is 13.9. The molecule has 8 nitrogen and oxygen atoms in total. The highest BCUT2D eigenvalue weighted by molar-refractivity contribution is 7.88. The fourth-order valence-electron chi connectivity index (χ4n) is 4.63. The molecular formula is C29H28N2O6S. The number of carboxylic acids is 1. The Morgan fingerprint density at radius 1 is 1.05 bits per heavy atom. The Hall–Kier alpha value is -3.95. The monoisotopic (exact) mass is 532 g/mol. The van der Waals surface area contributed by atoms with Gasteiger partial charge in [0.25, 0.3) is 0 Å². The lowest BCUT2D eigenvalue weighted by Gasteiger charge is -2.33. The van der Waals surface area contributed by atoms with Crippen LogP contribution in [0.4, 0.5) is 0 Å². The summed E-state index contributed by atoms with van der Waals surface area (Å²) in [6, 6.07) is 22.7. The maximum absolute atomic E-state index is 13.2. The van der Waals surface area contributed by atoms with Crippen LogP contribution in [0.5, 0.6) is 5.75 Å². The Labute approximate surface area is 221 Å². The van der Waals surface area contributed by atoms with Crippen LogP contribution in [0.15, 0.2) is 83.3 Å². The van der Waals surface area contributed by atoms with Gasteiger partial charge in [-0.25, -0.2) is 13.4 Å². The van der Waals surface area contributed by atoms with E-state index in [0.29, 0.717) is 30.2 Å². The second kappa shape index (κ2) is 10.8. The van der Waals surface area contributed by atoms with Crippen molar-refractivity contribution >= 4 is 16.0 Å².